The average Bonchev–Trinajstić information content (AvgIpc) is 2.93. The number of hydrogen-bond acceptors (Lipinski definition) is 3. The number of nitriles is 1. The van der Waals surface area contributed by atoms with Gasteiger partial charge in [-0.05, 0) is 50.6 Å². The molecule has 1 heterocycles. The minimum Gasteiger partial charge on any atom is -0.384 e. The zero-order valence-corrected chi connectivity index (χ0v) is 15.5. The molecule has 1 aromatic heterocycles. The molecule has 0 aliphatic carbocycles. The van der Waals surface area contributed by atoms with Gasteiger partial charge < -0.3 is 10.3 Å². The van der Waals surface area contributed by atoms with E-state index in [0.29, 0.717) is 11.4 Å². The van der Waals surface area contributed by atoms with Crippen LogP contribution in [0, 0.1) is 11.3 Å². The minimum absolute atomic E-state index is 0.170. The second-order valence-corrected chi connectivity index (χ2v) is 8.04. The fraction of sp³-hybridized carbons (Fsp3) is 0.190. The van der Waals surface area contributed by atoms with Crippen LogP contribution in [0.15, 0.2) is 70.6 Å². The smallest absolute Gasteiger partial charge is 0.122 e. The number of rotatable bonds is 3. The Morgan fingerprint density at radius 3 is 2.12 bits per heavy atom. The van der Waals surface area contributed by atoms with Crippen molar-refractivity contribution in [2.45, 2.75) is 36.1 Å². The van der Waals surface area contributed by atoms with Gasteiger partial charge in [-0.3, -0.25) is 0 Å². The fourth-order valence-corrected chi connectivity index (χ4v) is 3.58. The molecule has 0 fully saturated rings. The van der Waals surface area contributed by atoms with Crippen molar-refractivity contribution in [1.82, 2.24) is 4.57 Å². The molecule has 2 aromatic carbocycles. The maximum atomic E-state index is 9.54. The fourth-order valence-electron chi connectivity index (χ4n) is 2.74. The summed E-state index contributed by atoms with van der Waals surface area (Å²) < 4.78 is 1.97. The van der Waals surface area contributed by atoms with Crippen molar-refractivity contribution in [2.75, 3.05) is 5.73 Å². The molecule has 0 unspecified atom stereocenters. The van der Waals surface area contributed by atoms with E-state index < -0.39 is 0 Å². The first-order chi connectivity index (χ1) is 11.9. The van der Waals surface area contributed by atoms with E-state index in [2.05, 4.69) is 51.1 Å². The summed E-state index contributed by atoms with van der Waals surface area (Å²) in [6, 6.07) is 20.8. The third-order valence-electron chi connectivity index (χ3n) is 4.02. The molecule has 0 bridgehead atoms. The van der Waals surface area contributed by atoms with E-state index in [-0.39, 0.29) is 5.54 Å². The molecule has 0 spiro atoms. The molecule has 3 nitrogen and oxygen atoms in total. The largest absolute Gasteiger partial charge is 0.384 e. The first-order valence-electron chi connectivity index (χ1n) is 8.15. The van der Waals surface area contributed by atoms with Crippen LogP contribution in [0.25, 0.3) is 11.1 Å². The van der Waals surface area contributed by atoms with Gasteiger partial charge in [0.05, 0.1) is 0 Å². The quantitative estimate of drug-likeness (QED) is 0.679. The van der Waals surface area contributed by atoms with E-state index >= 15 is 0 Å². The van der Waals surface area contributed by atoms with E-state index in [4.69, 9.17) is 5.73 Å². The van der Waals surface area contributed by atoms with E-state index in [1.807, 2.05) is 41.1 Å². The molecule has 0 saturated carbocycles. The lowest BCUT2D eigenvalue weighted by Gasteiger charge is -2.22. The predicted molar refractivity (Wildman–Crippen MR) is 105 cm³/mol. The average molecular weight is 347 g/mol. The molecule has 0 aliphatic heterocycles. The molecule has 4 heteroatoms. The first-order valence-corrected chi connectivity index (χ1v) is 8.96. The second kappa shape index (κ2) is 6.70. The Morgan fingerprint density at radius 1 is 0.960 bits per heavy atom. The molecule has 2 N–H and O–H groups in total. The van der Waals surface area contributed by atoms with Crippen molar-refractivity contribution in [2.24, 2.45) is 0 Å². The highest BCUT2D eigenvalue weighted by molar-refractivity contribution is 7.99. The molecule has 3 aromatic rings. The van der Waals surface area contributed by atoms with Crippen LogP contribution < -0.4 is 5.73 Å². The van der Waals surface area contributed by atoms with Crippen LogP contribution in [-0.4, -0.2) is 4.57 Å². The molecule has 3 rings (SSSR count). The maximum Gasteiger partial charge on any atom is 0.122 e. The molecular formula is C21H21N3S. The number of aromatic nitrogens is 1. The Morgan fingerprint density at radius 2 is 1.56 bits per heavy atom. The van der Waals surface area contributed by atoms with Gasteiger partial charge in [0.15, 0.2) is 0 Å². The van der Waals surface area contributed by atoms with Crippen LogP contribution in [0.5, 0.6) is 0 Å². The molecule has 0 amide bonds. The van der Waals surface area contributed by atoms with Crippen LogP contribution >= 0.6 is 11.8 Å². The predicted octanol–water partition coefficient (Wildman–Crippen LogP) is 5.52. The van der Waals surface area contributed by atoms with Crippen LogP contribution in [0.3, 0.4) is 0 Å². The SMILES string of the molecule is CC(C)(C)n1cc(-c2ccc(Sc3ccccc3)cc2)c(C#N)c1N. The Bertz CT molecular complexity index is 911. The normalized spacial score (nSPS) is 11.3. The number of anilines is 1. The summed E-state index contributed by atoms with van der Waals surface area (Å²) >= 11 is 1.72. The molecular weight excluding hydrogens is 326 g/mol. The van der Waals surface area contributed by atoms with E-state index in [1.165, 1.54) is 4.90 Å². The summed E-state index contributed by atoms with van der Waals surface area (Å²) in [5.74, 6) is 0.521. The van der Waals surface area contributed by atoms with E-state index in [0.717, 1.165) is 16.0 Å². The van der Waals surface area contributed by atoms with E-state index in [9.17, 15) is 5.26 Å². The Balaban J connectivity index is 1.94. The number of nitrogen functional groups attached to an aromatic ring is 1. The number of benzene rings is 2. The van der Waals surface area contributed by atoms with Crippen LogP contribution in [0.4, 0.5) is 5.82 Å². The minimum atomic E-state index is -0.170. The van der Waals surface area contributed by atoms with Gasteiger partial charge in [0.25, 0.3) is 0 Å². The van der Waals surface area contributed by atoms with Gasteiger partial charge in [-0.2, -0.15) is 5.26 Å². The lowest BCUT2D eigenvalue weighted by atomic mass is 10.1. The van der Waals surface area contributed by atoms with Gasteiger partial charge in [0.2, 0.25) is 0 Å². The standard InChI is InChI=1S/C21H21N3S/c1-21(2,3)24-14-19(18(13-22)20(24)23)15-9-11-17(12-10-15)25-16-7-5-4-6-8-16/h4-12,14H,23H2,1-3H3. The van der Waals surface area contributed by atoms with Crippen LogP contribution in [0.1, 0.15) is 26.3 Å². The van der Waals surface area contributed by atoms with Crippen molar-refractivity contribution in [3.05, 3.63) is 66.4 Å². The van der Waals surface area contributed by atoms with Crippen molar-refractivity contribution in [3.8, 4) is 17.2 Å². The molecule has 0 aliphatic rings. The summed E-state index contributed by atoms with van der Waals surface area (Å²) in [6.07, 6.45) is 1.98. The van der Waals surface area contributed by atoms with E-state index in [1.54, 1.807) is 11.8 Å². The lowest BCUT2D eigenvalue weighted by Crippen LogP contribution is -2.22. The Kier molecular flexibility index (Phi) is 4.61. The number of nitrogens with zero attached hydrogens (tertiary/aromatic N) is 2. The monoisotopic (exact) mass is 347 g/mol. The Hall–Kier alpha value is -2.64. The first kappa shape index (κ1) is 17.2. The van der Waals surface area contributed by atoms with Crippen molar-refractivity contribution in [3.63, 3.8) is 0 Å². The summed E-state index contributed by atoms with van der Waals surface area (Å²) in [4.78, 5) is 2.37. The molecule has 126 valence electrons. The summed E-state index contributed by atoms with van der Waals surface area (Å²) in [5, 5.41) is 9.54. The topological polar surface area (TPSA) is 54.7 Å². The maximum absolute atomic E-state index is 9.54. The van der Waals surface area contributed by atoms with Gasteiger partial charge in [-0.25, -0.2) is 0 Å². The zero-order valence-electron chi connectivity index (χ0n) is 14.7. The number of nitrogens with two attached hydrogens (primary N) is 1. The van der Waals surface area contributed by atoms with Gasteiger partial charge in [0.1, 0.15) is 17.5 Å². The molecule has 25 heavy (non-hydrogen) atoms. The third-order valence-corrected chi connectivity index (χ3v) is 5.04. The molecule has 0 atom stereocenters. The Labute approximate surface area is 153 Å². The van der Waals surface area contributed by atoms with Gasteiger partial charge >= 0.3 is 0 Å². The van der Waals surface area contributed by atoms with Crippen molar-refractivity contribution in [1.29, 1.82) is 5.26 Å². The van der Waals surface area contributed by atoms with Crippen LogP contribution in [-0.2, 0) is 5.54 Å². The molecule has 0 radical (unpaired) electrons. The highest BCUT2D eigenvalue weighted by atomic mass is 32.2. The van der Waals surface area contributed by atoms with Crippen LogP contribution in [0.2, 0.25) is 0 Å². The summed E-state index contributed by atoms with van der Waals surface area (Å²) in [7, 11) is 0. The second-order valence-electron chi connectivity index (χ2n) is 6.90. The summed E-state index contributed by atoms with van der Waals surface area (Å²) in [5.41, 5.74) is 8.46. The van der Waals surface area contributed by atoms with Gasteiger partial charge in [-0.1, -0.05) is 42.1 Å². The van der Waals surface area contributed by atoms with Gasteiger partial charge in [-0.15, -0.1) is 0 Å². The highest BCUT2D eigenvalue weighted by Gasteiger charge is 2.22. The van der Waals surface area contributed by atoms with Gasteiger partial charge in [0, 0.05) is 27.1 Å². The van der Waals surface area contributed by atoms with Crippen molar-refractivity contribution >= 4 is 17.6 Å². The highest BCUT2D eigenvalue weighted by Crippen LogP contribution is 2.35. The zero-order chi connectivity index (χ0) is 18.0. The third kappa shape index (κ3) is 3.57. The van der Waals surface area contributed by atoms with Crippen molar-refractivity contribution < 1.29 is 0 Å². The summed E-state index contributed by atoms with van der Waals surface area (Å²) in [6.45, 7) is 6.23. The molecule has 0 saturated heterocycles. The number of hydrogen-bond donors (Lipinski definition) is 1. The lowest BCUT2D eigenvalue weighted by molar-refractivity contribution is 0.404.